The Hall–Kier alpha value is -1.28. The van der Waals surface area contributed by atoms with Crippen LogP contribution in [-0.2, 0) is 10.0 Å². The molecule has 0 unspecified atom stereocenters. The lowest BCUT2D eigenvalue weighted by Gasteiger charge is -2.10. The number of nitrogens with one attached hydrogen (secondary N) is 1. The molecule has 0 spiro atoms. The monoisotopic (exact) mass is 365 g/mol. The molecule has 1 aromatic carbocycles. The lowest BCUT2D eigenvalue weighted by Crippen LogP contribution is -2.12. The third-order valence-corrected chi connectivity index (χ3v) is 6.20. The molecule has 0 aliphatic rings. The molecule has 5 nitrogen and oxygen atoms in total. The normalized spacial score (nSPS) is 11.4. The molecule has 0 saturated carbocycles. The van der Waals surface area contributed by atoms with E-state index in [0.717, 1.165) is 0 Å². The van der Waals surface area contributed by atoms with Gasteiger partial charge < -0.3 is 5.11 Å². The van der Waals surface area contributed by atoms with Gasteiger partial charge in [0.1, 0.15) is 9.09 Å². The summed E-state index contributed by atoms with van der Waals surface area (Å²) in [5.41, 5.74) is 0.853. The molecule has 1 aromatic heterocycles. The fourth-order valence-electron chi connectivity index (χ4n) is 1.50. The van der Waals surface area contributed by atoms with Gasteiger partial charge in [-0.1, -0.05) is 23.2 Å². The van der Waals surface area contributed by atoms with Crippen molar-refractivity contribution >= 4 is 56.2 Å². The van der Waals surface area contributed by atoms with Crippen molar-refractivity contribution in [1.29, 1.82) is 0 Å². The molecular formula is C12H9Cl2NO4S2. The molecular weight excluding hydrogens is 357 g/mol. The molecule has 0 amide bonds. The maximum absolute atomic E-state index is 12.2. The van der Waals surface area contributed by atoms with Crippen molar-refractivity contribution in [2.45, 2.75) is 11.1 Å². The van der Waals surface area contributed by atoms with Gasteiger partial charge in [-0.25, -0.2) is 13.2 Å². The van der Waals surface area contributed by atoms with Crippen LogP contribution in [0.3, 0.4) is 0 Å². The lowest BCUT2D eigenvalue weighted by molar-refractivity contribution is 0.0702. The second kappa shape index (κ2) is 5.84. The molecule has 2 aromatic rings. The zero-order valence-corrected chi connectivity index (χ0v) is 13.7. The average molecular weight is 366 g/mol. The maximum atomic E-state index is 12.2. The lowest BCUT2D eigenvalue weighted by atomic mass is 10.2. The van der Waals surface area contributed by atoms with Crippen LogP contribution in [0.25, 0.3) is 0 Å². The van der Waals surface area contributed by atoms with E-state index in [1.807, 2.05) is 0 Å². The van der Waals surface area contributed by atoms with Crippen molar-refractivity contribution in [1.82, 2.24) is 0 Å². The van der Waals surface area contributed by atoms with Crippen LogP contribution < -0.4 is 4.72 Å². The van der Waals surface area contributed by atoms with Crippen LogP contribution >= 0.6 is 34.5 Å². The number of benzene rings is 1. The molecule has 0 bridgehead atoms. The van der Waals surface area contributed by atoms with E-state index in [9.17, 15) is 13.2 Å². The third-order valence-electron chi connectivity index (χ3n) is 2.55. The summed E-state index contributed by atoms with van der Waals surface area (Å²) in [6.07, 6.45) is 0. The molecule has 1 heterocycles. The highest BCUT2D eigenvalue weighted by molar-refractivity contribution is 7.94. The fraction of sp³-hybridized carbons (Fsp3) is 0.0833. The second-order valence-electron chi connectivity index (χ2n) is 4.11. The van der Waals surface area contributed by atoms with Crippen LogP contribution in [-0.4, -0.2) is 19.5 Å². The molecule has 0 atom stereocenters. The Balaban J connectivity index is 2.37. The van der Waals surface area contributed by atoms with E-state index in [1.54, 1.807) is 13.0 Å². The van der Waals surface area contributed by atoms with Gasteiger partial charge in [0.05, 0.1) is 10.7 Å². The van der Waals surface area contributed by atoms with Gasteiger partial charge in [0.2, 0.25) is 0 Å². The van der Waals surface area contributed by atoms with Gasteiger partial charge >= 0.3 is 5.97 Å². The van der Waals surface area contributed by atoms with Crippen molar-refractivity contribution in [3.05, 3.63) is 44.8 Å². The summed E-state index contributed by atoms with van der Waals surface area (Å²) in [7, 11) is -3.92. The summed E-state index contributed by atoms with van der Waals surface area (Å²) in [6, 6.07) is 5.40. The Bertz CT molecular complexity index is 815. The van der Waals surface area contributed by atoms with Crippen molar-refractivity contribution in [3.8, 4) is 0 Å². The molecule has 2 N–H and O–H groups in total. The first-order chi connectivity index (χ1) is 9.70. The SMILES string of the molecule is Cc1cc(Cl)c(NS(=O)(=O)c2ccc(C(=O)O)s2)cc1Cl. The molecule has 0 saturated heterocycles. The van der Waals surface area contributed by atoms with Crippen LogP contribution in [0.15, 0.2) is 28.5 Å². The number of anilines is 1. The molecule has 0 fully saturated rings. The number of halogens is 2. The van der Waals surface area contributed by atoms with E-state index in [-0.39, 0.29) is 19.8 Å². The van der Waals surface area contributed by atoms with Crippen molar-refractivity contribution < 1.29 is 18.3 Å². The standard InChI is InChI=1S/C12H9Cl2NO4S2/c1-6-4-8(14)9(5-7(6)13)15-21(18,19)11-3-2-10(20-11)12(16)17/h2-5,15H,1H3,(H,16,17). The number of carboxylic acid groups (broad SMARTS) is 1. The van der Waals surface area contributed by atoms with Gasteiger partial charge in [-0.15, -0.1) is 11.3 Å². The molecule has 21 heavy (non-hydrogen) atoms. The quantitative estimate of drug-likeness (QED) is 0.861. The Labute approximate surface area is 135 Å². The Morgan fingerprint density at radius 1 is 1.24 bits per heavy atom. The fourth-order valence-corrected chi connectivity index (χ4v) is 4.20. The number of aryl methyl sites for hydroxylation is 1. The highest BCUT2D eigenvalue weighted by atomic mass is 35.5. The highest BCUT2D eigenvalue weighted by Crippen LogP contribution is 2.31. The third kappa shape index (κ3) is 3.49. The van der Waals surface area contributed by atoms with Crippen LogP contribution in [0.1, 0.15) is 15.2 Å². The van der Waals surface area contributed by atoms with Gasteiger partial charge in [0.15, 0.2) is 0 Å². The number of hydrogen-bond acceptors (Lipinski definition) is 4. The second-order valence-corrected chi connectivity index (χ2v) is 7.92. The van der Waals surface area contributed by atoms with Crippen molar-refractivity contribution in [3.63, 3.8) is 0 Å². The first-order valence-corrected chi connectivity index (χ1v) is 8.58. The van der Waals surface area contributed by atoms with Gasteiger partial charge in [-0.05, 0) is 36.8 Å². The minimum atomic E-state index is -3.92. The molecule has 9 heteroatoms. The summed E-state index contributed by atoms with van der Waals surface area (Å²) in [5, 5.41) is 9.40. The van der Waals surface area contributed by atoms with E-state index in [4.69, 9.17) is 28.3 Å². The number of sulfonamides is 1. The van der Waals surface area contributed by atoms with E-state index in [2.05, 4.69) is 4.72 Å². The molecule has 2 rings (SSSR count). The maximum Gasteiger partial charge on any atom is 0.345 e. The van der Waals surface area contributed by atoms with E-state index >= 15 is 0 Å². The van der Waals surface area contributed by atoms with Gasteiger partial charge in [0, 0.05) is 5.02 Å². The summed E-state index contributed by atoms with van der Waals surface area (Å²) in [6.45, 7) is 1.74. The number of thiophene rings is 1. The van der Waals surface area contributed by atoms with Crippen molar-refractivity contribution in [2.24, 2.45) is 0 Å². The molecule has 112 valence electrons. The minimum absolute atomic E-state index is 0.0663. The van der Waals surface area contributed by atoms with E-state index in [1.165, 1.54) is 18.2 Å². The van der Waals surface area contributed by atoms with Crippen LogP contribution in [0.2, 0.25) is 10.0 Å². The predicted molar refractivity (Wildman–Crippen MR) is 83.3 cm³/mol. The summed E-state index contributed by atoms with van der Waals surface area (Å²) >= 11 is 12.6. The van der Waals surface area contributed by atoms with Crippen LogP contribution in [0.4, 0.5) is 5.69 Å². The van der Waals surface area contributed by atoms with Crippen LogP contribution in [0, 0.1) is 6.92 Å². The number of carbonyl (C=O) groups is 1. The molecule has 0 radical (unpaired) electrons. The molecule has 0 aliphatic heterocycles. The number of carboxylic acids is 1. The van der Waals surface area contributed by atoms with Crippen molar-refractivity contribution in [2.75, 3.05) is 4.72 Å². The Morgan fingerprint density at radius 2 is 1.90 bits per heavy atom. The average Bonchev–Trinajstić information content (AvgIpc) is 2.86. The summed E-state index contributed by atoms with van der Waals surface area (Å²) in [4.78, 5) is 10.7. The Morgan fingerprint density at radius 3 is 2.48 bits per heavy atom. The number of hydrogen-bond donors (Lipinski definition) is 2. The first-order valence-electron chi connectivity index (χ1n) is 5.52. The zero-order valence-electron chi connectivity index (χ0n) is 10.6. The van der Waals surface area contributed by atoms with Gasteiger partial charge in [-0.2, -0.15) is 0 Å². The summed E-state index contributed by atoms with van der Waals surface area (Å²) < 4.78 is 26.6. The van der Waals surface area contributed by atoms with E-state index in [0.29, 0.717) is 21.9 Å². The number of rotatable bonds is 4. The minimum Gasteiger partial charge on any atom is -0.477 e. The Kier molecular flexibility index (Phi) is 4.48. The van der Waals surface area contributed by atoms with Gasteiger partial charge in [0.25, 0.3) is 10.0 Å². The first kappa shape index (κ1) is 16.1. The van der Waals surface area contributed by atoms with Gasteiger partial charge in [-0.3, -0.25) is 4.72 Å². The topological polar surface area (TPSA) is 83.5 Å². The van der Waals surface area contributed by atoms with E-state index < -0.39 is 16.0 Å². The predicted octanol–water partition coefficient (Wildman–Crippen LogP) is 3.86. The number of aromatic carboxylic acids is 1. The summed E-state index contributed by atoms with van der Waals surface area (Å²) in [5.74, 6) is -1.18. The largest absolute Gasteiger partial charge is 0.477 e. The smallest absolute Gasteiger partial charge is 0.345 e. The zero-order chi connectivity index (χ0) is 15.8. The van der Waals surface area contributed by atoms with Crippen LogP contribution in [0.5, 0.6) is 0 Å². The molecule has 0 aliphatic carbocycles. The highest BCUT2D eigenvalue weighted by Gasteiger charge is 2.20.